The summed E-state index contributed by atoms with van der Waals surface area (Å²) in [6, 6.07) is 0. The number of phosphoric acid groups is 1. The maximum Gasteiger partial charge on any atom is 0.472 e. The van der Waals surface area contributed by atoms with Crippen molar-refractivity contribution in [3.05, 3.63) is 12.2 Å². The van der Waals surface area contributed by atoms with Crippen LogP contribution in [0.1, 0.15) is 104 Å². The Labute approximate surface area is 211 Å². The fourth-order valence-electron chi connectivity index (χ4n) is 3.12. The van der Waals surface area contributed by atoms with Crippen molar-refractivity contribution in [2.45, 2.75) is 110 Å². The van der Waals surface area contributed by atoms with Gasteiger partial charge < -0.3 is 20.1 Å². The molecule has 0 aromatic rings. The number of nitrogens with one attached hydrogen (secondary N) is 1. The van der Waals surface area contributed by atoms with Crippen LogP contribution in [0.25, 0.3) is 0 Å². The summed E-state index contributed by atoms with van der Waals surface area (Å²) in [4.78, 5) is 33.0. The summed E-state index contributed by atoms with van der Waals surface area (Å²) in [6.07, 6.45) is 16.6. The van der Waals surface area contributed by atoms with Gasteiger partial charge in [0.25, 0.3) is 0 Å². The molecule has 0 rings (SSSR count). The van der Waals surface area contributed by atoms with Gasteiger partial charge in [-0.05, 0) is 32.1 Å². The molecular formula is C25H48NO8P. The molecule has 1 amide bonds. The Bertz CT molecular complexity index is 614. The van der Waals surface area contributed by atoms with Crippen LogP contribution in [0.3, 0.4) is 0 Å². The van der Waals surface area contributed by atoms with Crippen molar-refractivity contribution in [2.75, 3.05) is 26.4 Å². The van der Waals surface area contributed by atoms with Gasteiger partial charge in [0.15, 0.2) is 0 Å². The first kappa shape index (κ1) is 33.8. The minimum atomic E-state index is -4.38. The lowest BCUT2D eigenvalue weighted by Crippen LogP contribution is -2.27. The Morgan fingerprint density at radius 1 is 0.857 bits per heavy atom. The van der Waals surface area contributed by atoms with E-state index in [2.05, 4.69) is 24.4 Å². The highest BCUT2D eigenvalue weighted by atomic mass is 31.2. The number of rotatable bonds is 24. The van der Waals surface area contributed by atoms with Crippen molar-refractivity contribution in [1.29, 1.82) is 0 Å². The fourth-order valence-corrected chi connectivity index (χ4v) is 3.88. The van der Waals surface area contributed by atoms with Gasteiger partial charge in [0.05, 0.1) is 13.2 Å². The first-order valence-corrected chi connectivity index (χ1v) is 14.7. The average Bonchev–Trinajstić information content (AvgIpc) is 2.83. The number of hydrogen-bond donors (Lipinski definition) is 3. The average molecular weight is 522 g/mol. The molecule has 0 bridgehead atoms. The van der Waals surface area contributed by atoms with Crippen LogP contribution in [-0.2, 0) is 27.9 Å². The van der Waals surface area contributed by atoms with Gasteiger partial charge in [-0.2, -0.15) is 0 Å². The number of esters is 1. The number of ether oxygens (including phenoxy) is 1. The monoisotopic (exact) mass is 521 g/mol. The van der Waals surface area contributed by atoms with E-state index >= 15 is 0 Å². The van der Waals surface area contributed by atoms with Crippen LogP contribution in [0.2, 0.25) is 0 Å². The maximum absolute atomic E-state index is 11.8. The Morgan fingerprint density at radius 2 is 1.49 bits per heavy atom. The lowest BCUT2D eigenvalue weighted by atomic mass is 10.1. The van der Waals surface area contributed by atoms with E-state index in [-0.39, 0.29) is 32.1 Å². The number of unbranched alkanes of at least 4 members (excludes halogenated alkanes) is 9. The van der Waals surface area contributed by atoms with Crippen LogP contribution < -0.4 is 5.32 Å². The number of amides is 1. The van der Waals surface area contributed by atoms with Crippen molar-refractivity contribution in [2.24, 2.45) is 0 Å². The molecule has 35 heavy (non-hydrogen) atoms. The van der Waals surface area contributed by atoms with Gasteiger partial charge in [0.2, 0.25) is 5.91 Å². The molecule has 3 N–H and O–H groups in total. The summed E-state index contributed by atoms with van der Waals surface area (Å²) < 4.78 is 26.2. The summed E-state index contributed by atoms with van der Waals surface area (Å²) in [5.41, 5.74) is 0. The number of allylic oxidation sites excluding steroid dienone is 2. The van der Waals surface area contributed by atoms with Gasteiger partial charge in [-0.1, -0.05) is 70.9 Å². The molecular weight excluding hydrogens is 473 g/mol. The molecule has 10 heteroatoms. The van der Waals surface area contributed by atoms with E-state index in [1.165, 1.54) is 25.7 Å². The van der Waals surface area contributed by atoms with E-state index in [0.717, 1.165) is 51.4 Å². The van der Waals surface area contributed by atoms with Gasteiger partial charge in [0, 0.05) is 19.4 Å². The van der Waals surface area contributed by atoms with Crippen LogP contribution in [0.4, 0.5) is 0 Å². The van der Waals surface area contributed by atoms with Crippen molar-refractivity contribution in [1.82, 2.24) is 5.32 Å². The van der Waals surface area contributed by atoms with Crippen LogP contribution in [0, 0.1) is 0 Å². The third kappa shape index (κ3) is 24.2. The van der Waals surface area contributed by atoms with E-state index in [1.54, 1.807) is 0 Å². The molecule has 0 saturated heterocycles. The molecule has 206 valence electrons. The Hall–Kier alpha value is -1.25. The summed E-state index contributed by atoms with van der Waals surface area (Å²) in [5, 5.41) is 12.4. The molecule has 0 radical (unpaired) electrons. The zero-order valence-corrected chi connectivity index (χ0v) is 22.6. The molecule has 9 nitrogen and oxygen atoms in total. The van der Waals surface area contributed by atoms with E-state index < -0.39 is 26.5 Å². The molecule has 0 saturated carbocycles. The quantitative estimate of drug-likeness (QED) is 0.0684. The number of aliphatic hydroxyl groups is 1. The van der Waals surface area contributed by atoms with Gasteiger partial charge in [-0.3, -0.25) is 18.6 Å². The van der Waals surface area contributed by atoms with Crippen LogP contribution in [-0.4, -0.2) is 54.3 Å². The maximum atomic E-state index is 11.8. The minimum Gasteiger partial charge on any atom is -0.463 e. The number of carbonyl (C=O) groups excluding carboxylic acids is 2. The SMILES string of the molecule is CCCC/C=C\CCCCCCCC(=O)NCCOP(=O)(O)OCC(O)COC(=O)CCCCC. The zero-order valence-electron chi connectivity index (χ0n) is 21.8. The highest BCUT2D eigenvalue weighted by Gasteiger charge is 2.23. The van der Waals surface area contributed by atoms with E-state index in [1.807, 2.05) is 6.92 Å². The summed E-state index contributed by atoms with van der Waals surface area (Å²) >= 11 is 0. The van der Waals surface area contributed by atoms with Gasteiger partial charge in [-0.15, -0.1) is 0 Å². The number of phosphoric ester groups is 1. The normalized spacial score (nSPS) is 14.1. The topological polar surface area (TPSA) is 131 Å². The summed E-state index contributed by atoms with van der Waals surface area (Å²) in [6.45, 7) is 3.26. The lowest BCUT2D eigenvalue weighted by Gasteiger charge is -2.15. The van der Waals surface area contributed by atoms with Gasteiger partial charge in [-0.25, -0.2) is 4.57 Å². The van der Waals surface area contributed by atoms with Gasteiger partial charge >= 0.3 is 13.8 Å². The standard InChI is InChI=1S/C25H48NO8P/c1-3-5-7-8-9-10-11-12-13-14-16-17-24(28)26-19-20-33-35(30,31)34-22-23(27)21-32-25(29)18-15-6-4-2/h8-9,23,27H,3-7,10-22H2,1-2H3,(H,26,28)(H,30,31)/b9-8-. The second-order valence-electron chi connectivity index (χ2n) is 8.66. The van der Waals surface area contributed by atoms with Crippen molar-refractivity contribution in [3.63, 3.8) is 0 Å². The first-order chi connectivity index (χ1) is 16.8. The second kappa shape index (κ2) is 23.2. The predicted molar refractivity (Wildman–Crippen MR) is 137 cm³/mol. The molecule has 2 unspecified atom stereocenters. The van der Waals surface area contributed by atoms with Crippen molar-refractivity contribution >= 4 is 19.7 Å². The van der Waals surface area contributed by atoms with Crippen molar-refractivity contribution in [3.8, 4) is 0 Å². The number of carbonyl (C=O) groups is 2. The highest BCUT2D eigenvalue weighted by molar-refractivity contribution is 7.47. The summed E-state index contributed by atoms with van der Waals surface area (Å²) in [5.74, 6) is -0.556. The molecule has 0 heterocycles. The fraction of sp³-hybridized carbons (Fsp3) is 0.840. The number of aliphatic hydroxyl groups excluding tert-OH is 1. The van der Waals surface area contributed by atoms with Gasteiger partial charge in [0.1, 0.15) is 12.7 Å². The molecule has 0 fully saturated rings. The van der Waals surface area contributed by atoms with Crippen LogP contribution in [0.15, 0.2) is 12.2 Å². The third-order valence-electron chi connectivity index (χ3n) is 5.20. The molecule has 0 spiro atoms. The minimum absolute atomic E-state index is 0.0784. The molecule has 0 aliphatic rings. The zero-order chi connectivity index (χ0) is 26.2. The van der Waals surface area contributed by atoms with Crippen molar-refractivity contribution < 1.29 is 37.9 Å². The first-order valence-electron chi connectivity index (χ1n) is 13.2. The third-order valence-corrected chi connectivity index (χ3v) is 6.18. The second-order valence-corrected chi connectivity index (χ2v) is 10.1. The molecule has 0 aromatic carbocycles. The molecule has 0 aliphatic carbocycles. The smallest absolute Gasteiger partial charge is 0.463 e. The van der Waals surface area contributed by atoms with E-state index in [0.29, 0.717) is 6.42 Å². The predicted octanol–water partition coefficient (Wildman–Crippen LogP) is 5.20. The highest BCUT2D eigenvalue weighted by Crippen LogP contribution is 2.42. The molecule has 2 atom stereocenters. The largest absolute Gasteiger partial charge is 0.472 e. The van der Waals surface area contributed by atoms with Crippen LogP contribution >= 0.6 is 7.82 Å². The molecule has 0 aliphatic heterocycles. The van der Waals surface area contributed by atoms with E-state index in [4.69, 9.17) is 13.8 Å². The van der Waals surface area contributed by atoms with Crippen LogP contribution in [0.5, 0.6) is 0 Å². The molecule has 0 aromatic heterocycles. The lowest BCUT2D eigenvalue weighted by molar-refractivity contribution is -0.147. The Morgan fingerprint density at radius 3 is 2.20 bits per heavy atom. The Balaban J connectivity index is 3.68. The summed E-state index contributed by atoms with van der Waals surface area (Å²) in [7, 11) is -4.38. The van der Waals surface area contributed by atoms with E-state index in [9.17, 15) is 24.2 Å². The Kier molecular flexibility index (Phi) is 22.3. The number of hydrogen-bond acceptors (Lipinski definition) is 7.